The van der Waals surface area contributed by atoms with Crippen LogP contribution < -0.4 is 10.6 Å². The van der Waals surface area contributed by atoms with E-state index in [1.165, 1.54) is 0 Å². The Hall–Kier alpha value is -1.34. The predicted molar refractivity (Wildman–Crippen MR) is 68.0 cm³/mol. The fourth-order valence-corrected chi connectivity index (χ4v) is 1.98. The number of carboxylic acid groups (broad SMARTS) is 1. The first-order chi connectivity index (χ1) is 9.00. The van der Waals surface area contributed by atoms with Crippen LogP contribution in [0.2, 0.25) is 0 Å². The van der Waals surface area contributed by atoms with Crippen molar-refractivity contribution < 1.29 is 24.2 Å². The molecule has 1 aliphatic heterocycles. The smallest absolute Gasteiger partial charge is 0.329 e. The van der Waals surface area contributed by atoms with E-state index >= 15 is 0 Å². The average molecular weight is 274 g/mol. The summed E-state index contributed by atoms with van der Waals surface area (Å²) < 4.78 is 10.1. The summed E-state index contributed by atoms with van der Waals surface area (Å²) in [6.07, 6.45) is 0.562. The minimum Gasteiger partial charge on any atom is -0.480 e. The lowest BCUT2D eigenvalue weighted by molar-refractivity contribution is -0.148. The first kappa shape index (κ1) is 15.7. The number of nitrogens with one attached hydrogen (secondary N) is 2. The number of carboxylic acids is 1. The van der Waals surface area contributed by atoms with E-state index < -0.39 is 17.5 Å². The largest absolute Gasteiger partial charge is 0.480 e. The third-order valence-electron chi connectivity index (χ3n) is 3.17. The fourth-order valence-electron chi connectivity index (χ4n) is 1.98. The van der Waals surface area contributed by atoms with Crippen molar-refractivity contribution in [2.45, 2.75) is 25.3 Å². The van der Waals surface area contributed by atoms with Gasteiger partial charge < -0.3 is 25.2 Å². The highest BCUT2D eigenvalue weighted by Gasteiger charge is 2.41. The summed E-state index contributed by atoms with van der Waals surface area (Å²) in [6, 6.07) is -0.466. The third-order valence-corrected chi connectivity index (χ3v) is 3.17. The fraction of sp³-hybridized carbons (Fsp3) is 0.833. The van der Waals surface area contributed by atoms with Crippen molar-refractivity contribution in [2.75, 3.05) is 33.5 Å². The number of rotatable bonds is 6. The zero-order chi connectivity index (χ0) is 14.3. The Kier molecular flexibility index (Phi) is 6.04. The molecule has 19 heavy (non-hydrogen) atoms. The van der Waals surface area contributed by atoms with E-state index in [1.54, 1.807) is 7.11 Å². The summed E-state index contributed by atoms with van der Waals surface area (Å²) >= 11 is 0. The standard InChI is InChI=1S/C12H22N2O5/c1-9(8-18-2)7-13-11(17)14-12(10(15)16)3-5-19-6-4-12/h9H,3-8H2,1-2H3,(H,15,16)(H2,13,14,17). The zero-order valence-corrected chi connectivity index (χ0v) is 11.4. The zero-order valence-electron chi connectivity index (χ0n) is 11.4. The molecule has 1 aliphatic rings. The van der Waals surface area contributed by atoms with Crippen LogP contribution in [0.5, 0.6) is 0 Å². The van der Waals surface area contributed by atoms with Gasteiger partial charge in [-0.05, 0) is 5.92 Å². The van der Waals surface area contributed by atoms with Gasteiger partial charge in [-0.1, -0.05) is 6.92 Å². The lowest BCUT2D eigenvalue weighted by Crippen LogP contribution is -2.59. The molecule has 0 aliphatic carbocycles. The summed E-state index contributed by atoms with van der Waals surface area (Å²) in [5.74, 6) is -0.845. The average Bonchev–Trinajstić information content (AvgIpc) is 2.38. The molecule has 1 fully saturated rings. The molecule has 110 valence electrons. The SMILES string of the molecule is COCC(C)CNC(=O)NC1(C(=O)O)CCOCC1. The van der Waals surface area contributed by atoms with Crippen molar-refractivity contribution in [1.82, 2.24) is 10.6 Å². The molecule has 0 aromatic carbocycles. The van der Waals surface area contributed by atoms with Crippen LogP contribution in [0.1, 0.15) is 19.8 Å². The quantitative estimate of drug-likeness (QED) is 0.643. The lowest BCUT2D eigenvalue weighted by atomic mass is 9.90. The molecule has 0 aromatic rings. The van der Waals surface area contributed by atoms with Crippen molar-refractivity contribution >= 4 is 12.0 Å². The Bertz CT molecular complexity index is 315. The second-order valence-electron chi connectivity index (χ2n) is 4.90. The number of urea groups is 1. The van der Waals surface area contributed by atoms with Crippen LogP contribution in [0.15, 0.2) is 0 Å². The van der Waals surface area contributed by atoms with Crippen LogP contribution in [-0.2, 0) is 14.3 Å². The highest BCUT2D eigenvalue weighted by atomic mass is 16.5. The topological polar surface area (TPSA) is 96.9 Å². The van der Waals surface area contributed by atoms with E-state index in [2.05, 4.69) is 10.6 Å². The molecule has 1 rings (SSSR count). The monoisotopic (exact) mass is 274 g/mol. The van der Waals surface area contributed by atoms with E-state index in [0.29, 0.717) is 26.4 Å². The Morgan fingerprint density at radius 1 is 1.42 bits per heavy atom. The van der Waals surface area contributed by atoms with Gasteiger partial charge in [-0.3, -0.25) is 0 Å². The van der Waals surface area contributed by atoms with Gasteiger partial charge in [-0.15, -0.1) is 0 Å². The molecular formula is C12H22N2O5. The van der Waals surface area contributed by atoms with E-state index in [-0.39, 0.29) is 18.8 Å². The summed E-state index contributed by atoms with van der Waals surface area (Å²) in [5.41, 5.74) is -1.22. The highest BCUT2D eigenvalue weighted by Crippen LogP contribution is 2.20. The number of carbonyl (C=O) groups is 2. The Morgan fingerprint density at radius 2 is 2.05 bits per heavy atom. The Balaban J connectivity index is 2.46. The number of carbonyl (C=O) groups excluding carboxylic acids is 1. The molecule has 0 radical (unpaired) electrons. The van der Waals surface area contributed by atoms with Crippen LogP contribution in [-0.4, -0.2) is 56.1 Å². The maximum absolute atomic E-state index is 11.8. The molecular weight excluding hydrogens is 252 g/mol. The molecule has 7 nitrogen and oxygen atoms in total. The summed E-state index contributed by atoms with van der Waals surface area (Å²) in [7, 11) is 1.60. The van der Waals surface area contributed by atoms with Crippen LogP contribution in [0.3, 0.4) is 0 Å². The van der Waals surface area contributed by atoms with Gasteiger partial charge in [0.25, 0.3) is 0 Å². The summed E-state index contributed by atoms with van der Waals surface area (Å²) in [5, 5.41) is 14.5. The Labute approximate surface area is 112 Å². The van der Waals surface area contributed by atoms with Crippen LogP contribution in [0, 0.1) is 5.92 Å². The third kappa shape index (κ3) is 4.68. The van der Waals surface area contributed by atoms with E-state index in [1.807, 2.05) is 6.92 Å². The van der Waals surface area contributed by atoms with Crippen LogP contribution in [0.4, 0.5) is 4.79 Å². The molecule has 3 N–H and O–H groups in total. The summed E-state index contributed by atoms with van der Waals surface area (Å²) in [6.45, 7) is 3.59. The second kappa shape index (κ2) is 7.30. The molecule has 0 bridgehead atoms. The molecule has 1 atom stereocenters. The van der Waals surface area contributed by atoms with Gasteiger partial charge in [0.05, 0.1) is 6.61 Å². The summed E-state index contributed by atoms with van der Waals surface area (Å²) in [4.78, 5) is 23.1. The minimum absolute atomic E-state index is 0.172. The number of aliphatic carboxylic acids is 1. The number of amides is 2. The second-order valence-corrected chi connectivity index (χ2v) is 4.90. The van der Waals surface area contributed by atoms with Crippen LogP contribution >= 0.6 is 0 Å². The molecule has 7 heteroatoms. The molecule has 0 spiro atoms. The molecule has 0 saturated carbocycles. The van der Waals surface area contributed by atoms with Crippen molar-refractivity contribution in [3.05, 3.63) is 0 Å². The van der Waals surface area contributed by atoms with Gasteiger partial charge in [0, 0.05) is 39.7 Å². The van der Waals surface area contributed by atoms with Gasteiger partial charge in [0.1, 0.15) is 5.54 Å². The number of hydrogen-bond donors (Lipinski definition) is 3. The predicted octanol–water partition coefficient (Wildman–Crippen LogP) is 0.202. The maximum atomic E-state index is 11.8. The van der Waals surface area contributed by atoms with E-state index in [0.717, 1.165) is 0 Å². The van der Waals surface area contributed by atoms with E-state index in [4.69, 9.17) is 9.47 Å². The number of methoxy groups -OCH3 is 1. The van der Waals surface area contributed by atoms with Gasteiger partial charge in [0.2, 0.25) is 0 Å². The number of ether oxygens (including phenoxy) is 2. The van der Waals surface area contributed by atoms with Crippen molar-refractivity contribution in [2.24, 2.45) is 5.92 Å². The van der Waals surface area contributed by atoms with Gasteiger partial charge in [-0.25, -0.2) is 9.59 Å². The number of hydrogen-bond acceptors (Lipinski definition) is 4. The molecule has 2 amide bonds. The first-order valence-electron chi connectivity index (χ1n) is 6.36. The highest BCUT2D eigenvalue weighted by molar-refractivity contribution is 5.86. The molecule has 0 aromatic heterocycles. The normalized spacial score (nSPS) is 19.5. The van der Waals surface area contributed by atoms with Crippen molar-refractivity contribution in [3.63, 3.8) is 0 Å². The minimum atomic E-state index is -1.22. The molecule has 1 saturated heterocycles. The van der Waals surface area contributed by atoms with Crippen LogP contribution in [0.25, 0.3) is 0 Å². The Morgan fingerprint density at radius 3 is 2.58 bits per heavy atom. The molecule has 1 heterocycles. The van der Waals surface area contributed by atoms with E-state index in [9.17, 15) is 14.7 Å². The van der Waals surface area contributed by atoms with Crippen molar-refractivity contribution in [3.8, 4) is 0 Å². The first-order valence-corrected chi connectivity index (χ1v) is 6.36. The lowest BCUT2D eigenvalue weighted by Gasteiger charge is -2.33. The van der Waals surface area contributed by atoms with Gasteiger partial charge in [-0.2, -0.15) is 0 Å². The van der Waals surface area contributed by atoms with Gasteiger partial charge in [0.15, 0.2) is 0 Å². The van der Waals surface area contributed by atoms with Gasteiger partial charge >= 0.3 is 12.0 Å². The maximum Gasteiger partial charge on any atom is 0.329 e. The van der Waals surface area contributed by atoms with Crippen molar-refractivity contribution in [1.29, 1.82) is 0 Å². The molecule has 1 unspecified atom stereocenters.